The number of hydrogen-bond acceptors (Lipinski definition) is 2. The van der Waals surface area contributed by atoms with E-state index >= 15 is 0 Å². The molecule has 3 rings (SSSR count). The zero-order valence-electron chi connectivity index (χ0n) is 12.1. The predicted octanol–water partition coefficient (Wildman–Crippen LogP) is 3.00. The first kappa shape index (κ1) is 13.1. The Balaban J connectivity index is 1.68. The molecule has 1 atom stereocenters. The number of nitrogens with one attached hydrogen (secondary N) is 1. The van der Waals surface area contributed by atoms with Crippen LogP contribution in [0.2, 0.25) is 0 Å². The van der Waals surface area contributed by atoms with Crippen molar-refractivity contribution in [3.63, 3.8) is 0 Å². The average molecular weight is 258 g/mol. The molecule has 1 heterocycles. The van der Waals surface area contributed by atoms with Crippen molar-refractivity contribution in [2.24, 2.45) is 5.92 Å². The molecule has 1 aliphatic carbocycles. The third kappa shape index (κ3) is 3.01. The molecule has 2 aliphatic rings. The number of aryl methyl sites for hydroxylation is 1. The second kappa shape index (κ2) is 6.06. The highest BCUT2D eigenvalue weighted by Gasteiger charge is 2.25. The average Bonchev–Trinajstić information content (AvgIpc) is 2.47. The summed E-state index contributed by atoms with van der Waals surface area (Å²) in [4.78, 5) is 2.62. The van der Waals surface area contributed by atoms with Crippen LogP contribution in [0.1, 0.15) is 42.9 Å². The highest BCUT2D eigenvalue weighted by Crippen LogP contribution is 2.34. The van der Waals surface area contributed by atoms with E-state index in [0.717, 1.165) is 5.92 Å². The van der Waals surface area contributed by atoms with E-state index < -0.39 is 0 Å². The Morgan fingerprint density at radius 1 is 1.16 bits per heavy atom. The van der Waals surface area contributed by atoms with Gasteiger partial charge < -0.3 is 5.32 Å². The van der Waals surface area contributed by atoms with Crippen molar-refractivity contribution >= 4 is 0 Å². The Kier molecular flexibility index (Phi) is 4.19. The van der Waals surface area contributed by atoms with Gasteiger partial charge in [-0.25, -0.2) is 0 Å². The molecule has 19 heavy (non-hydrogen) atoms. The molecule has 0 amide bonds. The van der Waals surface area contributed by atoms with E-state index in [0.29, 0.717) is 6.04 Å². The van der Waals surface area contributed by atoms with Gasteiger partial charge in [0.05, 0.1) is 0 Å². The van der Waals surface area contributed by atoms with Crippen molar-refractivity contribution in [2.45, 2.75) is 38.1 Å². The standard InChI is InChI=1S/C17H26N2/c1-19(13-14-9-11-18-12-10-14)17-8-4-6-15-5-2-3-7-16(15)17/h2-3,5,7,14,17-18H,4,6,8-13H2,1H3. The number of rotatable bonds is 3. The lowest BCUT2D eigenvalue weighted by atomic mass is 9.86. The summed E-state index contributed by atoms with van der Waals surface area (Å²) in [7, 11) is 2.33. The van der Waals surface area contributed by atoms with Gasteiger partial charge in [0.1, 0.15) is 0 Å². The minimum absolute atomic E-state index is 0.653. The third-order valence-electron chi connectivity index (χ3n) is 4.87. The Morgan fingerprint density at radius 3 is 2.79 bits per heavy atom. The van der Waals surface area contributed by atoms with Crippen molar-refractivity contribution in [1.82, 2.24) is 10.2 Å². The Hall–Kier alpha value is -0.860. The van der Waals surface area contributed by atoms with Crippen molar-refractivity contribution in [2.75, 3.05) is 26.7 Å². The van der Waals surface area contributed by atoms with Gasteiger partial charge in [-0.15, -0.1) is 0 Å². The van der Waals surface area contributed by atoms with Crippen molar-refractivity contribution < 1.29 is 0 Å². The minimum Gasteiger partial charge on any atom is -0.317 e. The van der Waals surface area contributed by atoms with E-state index in [9.17, 15) is 0 Å². The third-order valence-corrected chi connectivity index (χ3v) is 4.87. The summed E-state index contributed by atoms with van der Waals surface area (Å²) in [5, 5.41) is 3.46. The summed E-state index contributed by atoms with van der Waals surface area (Å²) < 4.78 is 0. The summed E-state index contributed by atoms with van der Waals surface area (Å²) >= 11 is 0. The van der Waals surface area contributed by atoms with Gasteiger partial charge in [-0.1, -0.05) is 24.3 Å². The molecule has 1 aromatic carbocycles. The second-order valence-electron chi connectivity index (χ2n) is 6.24. The minimum atomic E-state index is 0.653. The fourth-order valence-electron chi connectivity index (χ4n) is 3.78. The first-order chi connectivity index (χ1) is 9.34. The fourth-order valence-corrected chi connectivity index (χ4v) is 3.78. The zero-order valence-corrected chi connectivity index (χ0v) is 12.1. The Labute approximate surface area is 117 Å². The molecule has 0 bridgehead atoms. The Morgan fingerprint density at radius 2 is 1.95 bits per heavy atom. The maximum atomic E-state index is 3.46. The van der Waals surface area contributed by atoms with Crippen LogP contribution in [0.25, 0.3) is 0 Å². The Bertz CT molecular complexity index is 409. The van der Waals surface area contributed by atoms with Crippen LogP contribution in [0, 0.1) is 5.92 Å². The van der Waals surface area contributed by atoms with Crippen molar-refractivity contribution in [1.29, 1.82) is 0 Å². The first-order valence-corrected chi connectivity index (χ1v) is 7.83. The molecule has 1 unspecified atom stereocenters. The highest BCUT2D eigenvalue weighted by molar-refractivity contribution is 5.32. The second-order valence-corrected chi connectivity index (χ2v) is 6.24. The number of fused-ring (bicyclic) bond motifs is 1. The zero-order chi connectivity index (χ0) is 13.1. The normalized spacial score (nSPS) is 24.4. The highest BCUT2D eigenvalue weighted by atomic mass is 15.1. The van der Waals surface area contributed by atoms with Crippen LogP contribution < -0.4 is 5.32 Å². The molecule has 1 saturated heterocycles. The van der Waals surface area contributed by atoms with E-state index in [1.54, 1.807) is 11.1 Å². The van der Waals surface area contributed by atoms with Gasteiger partial charge in [0.2, 0.25) is 0 Å². The molecule has 0 radical (unpaired) electrons. The van der Waals surface area contributed by atoms with Crippen LogP contribution in [-0.2, 0) is 6.42 Å². The van der Waals surface area contributed by atoms with E-state index in [2.05, 4.69) is 41.5 Å². The fraction of sp³-hybridized carbons (Fsp3) is 0.647. The molecule has 2 heteroatoms. The van der Waals surface area contributed by atoms with Crippen LogP contribution in [0.15, 0.2) is 24.3 Å². The monoisotopic (exact) mass is 258 g/mol. The van der Waals surface area contributed by atoms with Crippen molar-refractivity contribution in [3.8, 4) is 0 Å². The largest absolute Gasteiger partial charge is 0.317 e. The molecule has 0 aromatic heterocycles. The van der Waals surface area contributed by atoms with Crippen LogP contribution >= 0.6 is 0 Å². The van der Waals surface area contributed by atoms with Crippen LogP contribution in [0.3, 0.4) is 0 Å². The van der Waals surface area contributed by atoms with Gasteiger partial charge in [-0.3, -0.25) is 4.90 Å². The summed E-state index contributed by atoms with van der Waals surface area (Å²) in [5.41, 5.74) is 3.17. The van der Waals surface area contributed by atoms with Gasteiger partial charge in [0.25, 0.3) is 0 Å². The van der Waals surface area contributed by atoms with Crippen LogP contribution in [0.4, 0.5) is 0 Å². The molecular formula is C17H26N2. The molecule has 0 spiro atoms. The molecule has 0 saturated carbocycles. The topological polar surface area (TPSA) is 15.3 Å². The molecule has 104 valence electrons. The lowest BCUT2D eigenvalue weighted by Gasteiger charge is -2.36. The van der Waals surface area contributed by atoms with E-state index in [4.69, 9.17) is 0 Å². The molecule has 2 nitrogen and oxygen atoms in total. The summed E-state index contributed by atoms with van der Waals surface area (Å²) in [6.07, 6.45) is 6.64. The van der Waals surface area contributed by atoms with Gasteiger partial charge >= 0.3 is 0 Å². The quantitative estimate of drug-likeness (QED) is 0.896. The summed E-state index contributed by atoms with van der Waals surface area (Å²) in [6, 6.07) is 9.71. The van der Waals surface area contributed by atoms with E-state index in [-0.39, 0.29) is 0 Å². The summed E-state index contributed by atoms with van der Waals surface area (Å²) in [5.74, 6) is 0.889. The number of hydrogen-bond donors (Lipinski definition) is 1. The molecule has 1 aliphatic heterocycles. The number of nitrogens with zero attached hydrogens (tertiary/aromatic N) is 1. The maximum absolute atomic E-state index is 3.46. The first-order valence-electron chi connectivity index (χ1n) is 7.83. The predicted molar refractivity (Wildman–Crippen MR) is 80.3 cm³/mol. The summed E-state index contributed by atoms with van der Waals surface area (Å²) in [6.45, 7) is 3.68. The van der Waals surface area contributed by atoms with Gasteiger partial charge in [-0.05, 0) is 69.3 Å². The van der Waals surface area contributed by atoms with E-state index in [1.165, 1.54) is 51.7 Å². The lowest BCUT2D eigenvalue weighted by molar-refractivity contribution is 0.172. The maximum Gasteiger partial charge on any atom is 0.0348 e. The van der Waals surface area contributed by atoms with Crippen molar-refractivity contribution in [3.05, 3.63) is 35.4 Å². The van der Waals surface area contributed by atoms with Gasteiger partial charge in [0.15, 0.2) is 0 Å². The van der Waals surface area contributed by atoms with Crippen LogP contribution in [-0.4, -0.2) is 31.6 Å². The molecule has 1 fully saturated rings. The molecule has 1 aromatic rings. The van der Waals surface area contributed by atoms with E-state index in [1.807, 2.05) is 0 Å². The van der Waals surface area contributed by atoms with Gasteiger partial charge in [0, 0.05) is 12.6 Å². The van der Waals surface area contributed by atoms with Gasteiger partial charge in [-0.2, -0.15) is 0 Å². The smallest absolute Gasteiger partial charge is 0.0348 e. The number of piperidine rings is 1. The van der Waals surface area contributed by atoms with Crippen LogP contribution in [0.5, 0.6) is 0 Å². The number of benzene rings is 1. The SMILES string of the molecule is CN(CC1CCNCC1)C1CCCc2ccccc21. The lowest BCUT2D eigenvalue weighted by Crippen LogP contribution is -2.37. The molecule has 1 N–H and O–H groups in total. The molecular weight excluding hydrogens is 232 g/mol.